The number of nitrogens with one attached hydrogen (secondary N) is 2. The molecule has 22 heavy (non-hydrogen) atoms. The van der Waals surface area contributed by atoms with Gasteiger partial charge in [-0.05, 0) is 24.3 Å². The van der Waals surface area contributed by atoms with Crippen LogP contribution in [0.2, 0.25) is 0 Å². The highest BCUT2D eigenvalue weighted by atomic mass is 35.5. The van der Waals surface area contributed by atoms with Crippen molar-refractivity contribution < 1.29 is 9.53 Å². The third-order valence-electron chi connectivity index (χ3n) is 2.89. The van der Waals surface area contributed by atoms with Crippen LogP contribution in [0.3, 0.4) is 0 Å². The van der Waals surface area contributed by atoms with Crippen LogP contribution in [0.4, 0.5) is 5.69 Å². The molecule has 1 fully saturated rings. The molecular weight excluding hydrogens is 344 g/mol. The lowest BCUT2D eigenvalue weighted by Gasteiger charge is -2.22. The normalized spacial score (nSPS) is 17.5. The summed E-state index contributed by atoms with van der Waals surface area (Å²) in [5.41, 5.74) is 2.46. The van der Waals surface area contributed by atoms with E-state index in [0.717, 1.165) is 21.5 Å². The van der Waals surface area contributed by atoms with Crippen LogP contribution in [-0.2, 0) is 9.53 Å². The van der Waals surface area contributed by atoms with Gasteiger partial charge >= 0.3 is 0 Å². The van der Waals surface area contributed by atoms with Crippen LogP contribution in [0.25, 0.3) is 0 Å². The van der Waals surface area contributed by atoms with E-state index in [0.29, 0.717) is 13.2 Å². The minimum atomic E-state index is -0.422. The van der Waals surface area contributed by atoms with E-state index in [4.69, 9.17) is 4.74 Å². The van der Waals surface area contributed by atoms with Crippen molar-refractivity contribution in [3.8, 4) is 0 Å². The fourth-order valence-electron chi connectivity index (χ4n) is 1.87. The second-order valence-corrected chi connectivity index (χ2v) is 6.54. The van der Waals surface area contributed by atoms with Crippen LogP contribution in [0.15, 0.2) is 39.0 Å². The topological polar surface area (TPSA) is 76.1 Å². The van der Waals surface area contributed by atoms with Gasteiger partial charge in [-0.15, -0.1) is 22.6 Å². The molecule has 1 saturated heterocycles. The molecule has 1 unspecified atom stereocenters. The summed E-state index contributed by atoms with van der Waals surface area (Å²) in [6.07, 6.45) is -0.422. The van der Waals surface area contributed by atoms with Gasteiger partial charge in [-0.1, -0.05) is 23.1 Å². The highest BCUT2D eigenvalue weighted by Gasteiger charge is 2.21. The van der Waals surface area contributed by atoms with E-state index < -0.39 is 6.10 Å². The number of halogens is 1. The van der Waals surface area contributed by atoms with Gasteiger partial charge in [0.15, 0.2) is 4.34 Å². The van der Waals surface area contributed by atoms with Crippen LogP contribution in [0.1, 0.15) is 0 Å². The maximum atomic E-state index is 12.0. The van der Waals surface area contributed by atoms with E-state index in [1.54, 1.807) is 17.3 Å². The number of benzene rings is 1. The van der Waals surface area contributed by atoms with Crippen molar-refractivity contribution in [2.24, 2.45) is 0 Å². The van der Waals surface area contributed by atoms with E-state index in [-0.39, 0.29) is 18.3 Å². The molecule has 3 rings (SSSR count). The van der Waals surface area contributed by atoms with Gasteiger partial charge in [0, 0.05) is 23.7 Å². The van der Waals surface area contributed by atoms with Crippen LogP contribution in [0, 0.1) is 0 Å². The van der Waals surface area contributed by atoms with Crippen LogP contribution in [0.5, 0.6) is 0 Å². The number of nitrogens with zero attached hydrogens (tertiary/aromatic N) is 2. The summed E-state index contributed by atoms with van der Waals surface area (Å²) in [6.45, 7) is 1.91. The number of hydrogen-bond donors (Lipinski definition) is 2. The summed E-state index contributed by atoms with van der Waals surface area (Å²) in [6, 6.07) is 7.64. The summed E-state index contributed by atoms with van der Waals surface area (Å²) in [4.78, 5) is 13.1. The molecule has 0 saturated carbocycles. The number of hydrogen-bond acceptors (Lipinski definition) is 7. The minimum Gasteiger partial charge on any atom is -0.366 e. The maximum absolute atomic E-state index is 12.0. The summed E-state index contributed by atoms with van der Waals surface area (Å²) in [5, 5.41) is 13.8. The van der Waals surface area contributed by atoms with Crippen molar-refractivity contribution in [1.29, 1.82) is 0 Å². The number of ether oxygens (including phenoxy) is 1. The molecule has 2 N–H and O–H groups in total. The van der Waals surface area contributed by atoms with Gasteiger partial charge < -0.3 is 15.4 Å². The molecule has 2 heterocycles. The summed E-state index contributed by atoms with van der Waals surface area (Å²) in [7, 11) is 0. The molecule has 1 aromatic carbocycles. The Hall–Kier alpha value is -1.19. The Morgan fingerprint density at radius 2 is 2.23 bits per heavy atom. The van der Waals surface area contributed by atoms with Gasteiger partial charge in [0.25, 0.3) is 5.91 Å². The summed E-state index contributed by atoms with van der Waals surface area (Å²) in [5.74, 6) is -0.119. The Morgan fingerprint density at radius 1 is 1.41 bits per heavy atom. The molecule has 0 radical (unpaired) electrons. The molecule has 1 aliphatic heterocycles. The number of amides is 1. The molecule has 1 atom stereocenters. The Morgan fingerprint density at radius 3 is 2.86 bits per heavy atom. The lowest BCUT2D eigenvalue weighted by Crippen LogP contribution is -2.45. The molecule has 0 aliphatic carbocycles. The Balaban J connectivity index is 0.00000176. The first-order valence-corrected chi connectivity index (χ1v) is 8.18. The number of aromatic nitrogens is 2. The number of carbonyl (C=O) groups excluding carboxylic acids is 1. The molecule has 118 valence electrons. The summed E-state index contributed by atoms with van der Waals surface area (Å²) >= 11 is 3.05. The predicted molar refractivity (Wildman–Crippen MR) is 89.0 cm³/mol. The third-order valence-corrected chi connectivity index (χ3v) is 4.67. The zero-order valence-corrected chi connectivity index (χ0v) is 14.0. The van der Waals surface area contributed by atoms with E-state index in [9.17, 15) is 4.79 Å². The molecule has 6 nitrogen and oxygen atoms in total. The van der Waals surface area contributed by atoms with Gasteiger partial charge in [-0.25, -0.2) is 0 Å². The first-order valence-electron chi connectivity index (χ1n) is 6.48. The monoisotopic (exact) mass is 358 g/mol. The largest absolute Gasteiger partial charge is 0.366 e. The molecule has 1 aliphatic rings. The number of anilines is 1. The van der Waals surface area contributed by atoms with Gasteiger partial charge in [0.2, 0.25) is 0 Å². The first kappa shape index (κ1) is 17.2. The van der Waals surface area contributed by atoms with Crippen molar-refractivity contribution in [3.05, 3.63) is 29.8 Å². The molecule has 9 heteroatoms. The second-order valence-electron chi connectivity index (χ2n) is 4.38. The average Bonchev–Trinajstić information content (AvgIpc) is 3.03. The molecule has 0 spiro atoms. The fourth-order valence-corrected chi connectivity index (χ4v) is 3.32. The Kier molecular flexibility index (Phi) is 6.59. The van der Waals surface area contributed by atoms with Crippen LogP contribution >= 0.6 is 35.5 Å². The number of rotatable bonds is 4. The molecule has 1 aromatic heterocycles. The predicted octanol–water partition coefficient (Wildman–Crippen LogP) is 2.04. The SMILES string of the molecule is Cl.O=C(Nc1ccc(Sc2nncs2)cc1)C1CNCCO1. The van der Waals surface area contributed by atoms with Crippen molar-refractivity contribution in [1.82, 2.24) is 15.5 Å². The molecule has 0 bridgehead atoms. The zero-order chi connectivity index (χ0) is 14.5. The average molecular weight is 359 g/mol. The highest BCUT2D eigenvalue weighted by molar-refractivity contribution is 8.01. The standard InChI is InChI=1S/C13H14N4O2S2.ClH/c18-12(11-7-14-5-6-19-11)16-9-1-3-10(4-2-9)21-13-17-15-8-20-13;/h1-4,8,11,14H,5-7H2,(H,16,18);1H. The van der Waals surface area contributed by atoms with Crippen molar-refractivity contribution in [2.75, 3.05) is 25.0 Å². The highest BCUT2D eigenvalue weighted by Crippen LogP contribution is 2.29. The second kappa shape index (κ2) is 8.44. The zero-order valence-electron chi connectivity index (χ0n) is 11.5. The van der Waals surface area contributed by atoms with Gasteiger partial charge in [-0.3, -0.25) is 4.79 Å². The number of carbonyl (C=O) groups is 1. The third kappa shape index (κ3) is 4.65. The number of morpholine rings is 1. The Bertz CT molecular complexity index is 589. The van der Waals surface area contributed by atoms with E-state index >= 15 is 0 Å². The summed E-state index contributed by atoms with van der Waals surface area (Å²) < 4.78 is 6.31. The lowest BCUT2D eigenvalue weighted by molar-refractivity contribution is -0.128. The maximum Gasteiger partial charge on any atom is 0.254 e. The van der Waals surface area contributed by atoms with E-state index in [2.05, 4.69) is 20.8 Å². The smallest absolute Gasteiger partial charge is 0.254 e. The van der Waals surface area contributed by atoms with Crippen LogP contribution < -0.4 is 10.6 Å². The Labute approximate surface area is 142 Å². The van der Waals surface area contributed by atoms with Gasteiger partial charge in [0.1, 0.15) is 11.6 Å². The lowest BCUT2D eigenvalue weighted by atomic mass is 10.2. The van der Waals surface area contributed by atoms with Crippen molar-refractivity contribution >= 4 is 47.1 Å². The van der Waals surface area contributed by atoms with Gasteiger partial charge in [-0.2, -0.15) is 0 Å². The molecule has 2 aromatic rings. The molecular formula is C13H15ClN4O2S2. The molecule has 1 amide bonds. The minimum absolute atomic E-state index is 0. The van der Waals surface area contributed by atoms with Crippen LogP contribution in [-0.4, -0.2) is 41.9 Å². The van der Waals surface area contributed by atoms with E-state index in [1.807, 2.05) is 24.3 Å². The first-order chi connectivity index (χ1) is 10.3. The van der Waals surface area contributed by atoms with Gasteiger partial charge in [0.05, 0.1) is 6.61 Å². The van der Waals surface area contributed by atoms with Crippen molar-refractivity contribution in [2.45, 2.75) is 15.3 Å². The quantitative estimate of drug-likeness (QED) is 0.871. The van der Waals surface area contributed by atoms with Crippen molar-refractivity contribution in [3.63, 3.8) is 0 Å². The van der Waals surface area contributed by atoms with E-state index in [1.165, 1.54) is 11.3 Å². The fraction of sp³-hybridized carbons (Fsp3) is 0.308.